The second kappa shape index (κ2) is 22.2. The summed E-state index contributed by atoms with van der Waals surface area (Å²) >= 11 is 0. The van der Waals surface area contributed by atoms with E-state index in [1.165, 1.54) is 0 Å². The van der Waals surface area contributed by atoms with Gasteiger partial charge in [0.1, 0.15) is 0 Å². The van der Waals surface area contributed by atoms with Crippen molar-refractivity contribution in [1.82, 2.24) is 39.2 Å². The van der Waals surface area contributed by atoms with E-state index in [1.807, 2.05) is 139 Å². The second-order valence-corrected chi connectivity index (χ2v) is 28.0. The molecule has 1 saturated heterocycles. The lowest BCUT2D eigenvalue weighted by Crippen LogP contribution is -2.73. The van der Waals surface area contributed by atoms with Crippen LogP contribution in [0.3, 0.4) is 0 Å². The van der Waals surface area contributed by atoms with E-state index < -0.39 is 35.2 Å². The number of rotatable bonds is 24. The highest BCUT2D eigenvalue weighted by Crippen LogP contribution is 2.35. The zero-order chi connectivity index (χ0) is 40.2. The first kappa shape index (κ1) is 50.2. The van der Waals surface area contributed by atoms with E-state index in [4.69, 9.17) is 34.2 Å². The maximum Gasteiger partial charge on any atom is 0.483 e. The Labute approximate surface area is 323 Å². The van der Waals surface area contributed by atoms with Gasteiger partial charge < -0.3 is 73.4 Å². The van der Waals surface area contributed by atoms with E-state index in [1.54, 1.807) is 0 Å². The van der Waals surface area contributed by atoms with E-state index in [9.17, 15) is 0 Å². The van der Waals surface area contributed by atoms with Gasteiger partial charge in [0.05, 0.1) is 24.4 Å². The molecule has 52 heavy (non-hydrogen) atoms. The zero-order valence-corrected chi connectivity index (χ0v) is 40.8. The number of hydrogen-bond acceptors (Lipinski definition) is 16. The molecule has 312 valence electrons. The molecule has 0 aromatic carbocycles. The third kappa shape index (κ3) is 20.9. The molecule has 0 spiro atoms. The molecule has 0 radical (unpaired) electrons. The van der Waals surface area contributed by atoms with Crippen LogP contribution in [-0.2, 0) is 34.2 Å². The van der Waals surface area contributed by atoms with Crippen LogP contribution in [0.25, 0.3) is 0 Å². The van der Waals surface area contributed by atoms with Crippen molar-refractivity contribution in [3.8, 4) is 0 Å². The minimum Gasteiger partial charge on any atom is -0.373 e. The molecule has 1 aliphatic rings. The van der Waals surface area contributed by atoms with E-state index in [-0.39, 0.29) is 24.4 Å². The van der Waals surface area contributed by atoms with Crippen molar-refractivity contribution in [2.45, 2.75) is 50.6 Å². The molecule has 16 nitrogen and oxygen atoms in total. The molecular weight excluding hydrogens is 737 g/mol. The van der Waals surface area contributed by atoms with Gasteiger partial charge in [0.15, 0.2) is 0 Å². The largest absolute Gasteiger partial charge is 0.483 e. The molecule has 0 aromatic heterocycles. The minimum atomic E-state index is -3.67. The highest BCUT2D eigenvalue weighted by atomic mass is 28.6. The summed E-state index contributed by atoms with van der Waals surface area (Å²) in [4.78, 5) is 16.9. The minimum absolute atomic E-state index is 0.235. The van der Waals surface area contributed by atoms with Crippen LogP contribution < -0.4 is 0 Å². The van der Waals surface area contributed by atoms with Gasteiger partial charge in [-0.05, 0) is 113 Å². The molecule has 1 rings (SSSR count). The molecular formula is C32H80N8O8Si4. The summed E-state index contributed by atoms with van der Waals surface area (Å²) < 4.78 is 57.1. The molecule has 0 aromatic rings. The first-order valence-electron chi connectivity index (χ1n) is 18.3. The maximum absolute atomic E-state index is 7.23. The quantitative estimate of drug-likeness (QED) is 0.126. The lowest BCUT2D eigenvalue weighted by Gasteiger charge is -2.49. The molecule has 1 aliphatic heterocycles. The van der Waals surface area contributed by atoms with Crippen molar-refractivity contribution >= 4 is 35.2 Å². The molecule has 20 heteroatoms. The Bertz CT molecular complexity index is 806. The van der Waals surface area contributed by atoms with E-state index in [0.717, 1.165) is 0 Å². The van der Waals surface area contributed by atoms with Gasteiger partial charge in [-0.3, -0.25) is 0 Å². The Morgan fingerprint density at radius 1 is 0.288 bits per heavy atom. The van der Waals surface area contributed by atoms with Crippen LogP contribution in [0.15, 0.2) is 0 Å². The van der Waals surface area contributed by atoms with Crippen LogP contribution in [0.5, 0.6) is 0 Å². The summed E-state index contributed by atoms with van der Waals surface area (Å²) in [6.45, 7) is 13.0. The average molecular weight is 817 g/mol. The van der Waals surface area contributed by atoms with Crippen LogP contribution in [0.4, 0.5) is 0 Å². The van der Waals surface area contributed by atoms with Gasteiger partial charge >= 0.3 is 35.2 Å². The van der Waals surface area contributed by atoms with Crippen LogP contribution >= 0.6 is 0 Å². The second-order valence-electron chi connectivity index (χ2n) is 16.9. The molecule has 0 saturated carbocycles. The highest BCUT2D eigenvalue weighted by molar-refractivity contribution is 6.88. The van der Waals surface area contributed by atoms with Gasteiger partial charge in [0, 0.05) is 78.5 Å². The van der Waals surface area contributed by atoms with Gasteiger partial charge in [0.2, 0.25) is 0 Å². The predicted molar refractivity (Wildman–Crippen MR) is 219 cm³/mol. The van der Waals surface area contributed by atoms with Crippen LogP contribution in [0.1, 0.15) is 0 Å². The number of nitrogens with zero attached hydrogens (tertiary/aromatic N) is 8. The summed E-state index contributed by atoms with van der Waals surface area (Å²) in [7, 11) is 18.0. The lowest BCUT2D eigenvalue weighted by atomic mass is 10.3. The fraction of sp³-hybridized carbons (Fsp3) is 1.00. The van der Waals surface area contributed by atoms with Gasteiger partial charge in [0.25, 0.3) is 0 Å². The Kier molecular flexibility index (Phi) is 21.5. The molecule has 0 amide bonds. The zero-order valence-electron chi connectivity index (χ0n) is 36.8. The van der Waals surface area contributed by atoms with E-state index in [0.29, 0.717) is 52.4 Å². The monoisotopic (exact) mass is 817 g/mol. The molecule has 0 aliphatic carbocycles. The Morgan fingerprint density at radius 3 is 0.500 bits per heavy atom. The third-order valence-corrected chi connectivity index (χ3v) is 22.5. The van der Waals surface area contributed by atoms with Crippen molar-refractivity contribution in [2.24, 2.45) is 0 Å². The van der Waals surface area contributed by atoms with Crippen molar-refractivity contribution in [3.63, 3.8) is 0 Å². The Morgan fingerprint density at radius 2 is 0.404 bits per heavy atom. The fourth-order valence-corrected chi connectivity index (χ4v) is 24.1. The van der Waals surface area contributed by atoms with Crippen molar-refractivity contribution in [2.75, 3.05) is 165 Å². The van der Waals surface area contributed by atoms with Crippen LogP contribution in [0.2, 0.25) is 26.2 Å². The van der Waals surface area contributed by atoms with Gasteiger partial charge in [-0.1, -0.05) is 0 Å². The number of hydrogen-bond donors (Lipinski definition) is 0. The first-order chi connectivity index (χ1) is 23.6. The molecule has 0 atom stereocenters. The van der Waals surface area contributed by atoms with E-state index >= 15 is 0 Å². The summed E-state index contributed by atoms with van der Waals surface area (Å²) in [5, 5.41) is 0. The van der Waals surface area contributed by atoms with Crippen molar-refractivity contribution < 1.29 is 34.2 Å². The predicted octanol–water partition coefficient (Wildman–Crippen LogP) is 0.375. The third-order valence-electron chi connectivity index (χ3n) is 7.56. The highest BCUT2D eigenvalue weighted by Gasteiger charge is 2.64. The van der Waals surface area contributed by atoms with E-state index in [2.05, 4.69) is 39.2 Å². The van der Waals surface area contributed by atoms with Gasteiger partial charge in [-0.2, -0.15) is 0 Å². The topological polar surface area (TPSA) is 99.8 Å². The summed E-state index contributed by atoms with van der Waals surface area (Å²) in [5.41, 5.74) is 0. The average Bonchev–Trinajstić information content (AvgIpc) is 2.82. The SMILES string of the molecule is CN(C)CC(CN(C)C)O[Si]1(C)O[Si](C)(OC(CN(C)C)CN(C)C)O[Si](C)(OC(CN(C)C)CN(C)C)O[Si](C)(OC(CN(C)C)CN(C)C)O1. The molecule has 0 bridgehead atoms. The van der Waals surface area contributed by atoms with Crippen molar-refractivity contribution in [3.05, 3.63) is 0 Å². The van der Waals surface area contributed by atoms with Gasteiger partial charge in [-0.25, -0.2) is 0 Å². The van der Waals surface area contributed by atoms with Crippen molar-refractivity contribution in [1.29, 1.82) is 0 Å². The lowest BCUT2D eigenvalue weighted by molar-refractivity contribution is -0.0309. The molecule has 0 N–H and O–H groups in total. The van der Waals surface area contributed by atoms with Crippen LogP contribution in [-0.4, -0.2) is 264 Å². The summed E-state index contributed by atoms with van der Waals surface area (Å²) in [6.07, 6.45) is -0.942. The fourth-order valence-electron chi connectivity index (χ4n) is 6.62. The molecule has 1 fully saturated rings. The van der Waals surface area contributed by atoms with Gasteiger partial charge in [-0.15, -0.1) is 0 Å². The summed E-state index contributed by atoms with van der Waals surface area (Å²) in [6, 6.07) is 0. The Balaban J connectivity index is 4.00. The standard InChI is InChI=1S/C32H80N8O8Si4/c1-33(2)21-29(22-34(3)4)41-49(17)45-50(18,42-30(23-35(5)6)24-36(7)8)47-52(20,44-32(27-39(13)14)28-40(15)16)48-51(19,46-49)43-31(25-37(9)10)26-38(11)12/h29-32H,21-28H2,1-20H3. The maximum atomic E-state index is 7.23. The Hall–Kier alpha value is 0.228. The number of likely N-dealkylation sites (N-methyl/N-ethyl adjacent to an activating group) is 8. The molecule has 0 unspecified atom stereocenters. The van der Waals surface area contributed by atoms with Crippen LogP contribution in [0, 0.1) is 0 Å². The molecule has 1 heterocycles. The first-order valence-corrected chi connectivity index (χ1v) is 27.2. The summed E-state index contributed by atoms with van der Waals surface area (Å²) in [5.74, 6) is 0. The normalized spacial score (nSPS) is 26.8. The smallest absolute Gasteiger partial charge is 0.373 e.